The van der Waals surface area contributed by atoms with E-state index in [9.17, 15) is 14.7 Å². The molecule has 0 bridgehead atoms. The standard InChI is InChI=1S/C12H20N2O4S/c1-9-7-19-11(16)14(9)6-10(15)13-8-12(2,17)4-5-18-3/h7,17H,4-6,8H2,1-3H3,(H,13,15). The fraction of sp³-hybridized carbons (Fsp3) is 0.667. The Hall–Kier alpha value is -1.18. The van der Waals surface area contributed by atoms with Gasteiger partial charge in [-0.2, -0.15) is 0 Å². The molecule has 0 aromatic carbocycles. The zero-order valence-electron chi connectivity index (χ0n) is 11.4. The molecule has 6 nitrogen and oxygen atoms in total. The van der Waals surface area contributed by atoms with Crippen molar-refractivity contribution in [1.29, 1.82) is 0 Å². The number of thiazole rings is 1. The molecule has 1 aromatic heterocycles. The molecule has 0 aliphatic rings. The number of aliphatic hydroxyl groups is 1. The van der Waals surface area contributed by atoms with Crippen molar-refractivity contribution < 1.29 is 14.6 Å². The summed E-state index contributed by atoms with van der Waals surface area (Å²) in [5, 5.41) is 14.3. The van der Waals surface area contributed by atoms with Crippen molar-refractivity contribution in [2.75, 3.05) is 20.3 Å². The average Bonchev–Trinajstić information content (AvgIpc) is 2.66. The topological polar surface area (TPSA) is 80.6 Å². The summed E-state index contributed by atoms with van der Waals surface area (Å²) < 4.78 is 6.29. The Kier molecular flexibility index (Phi) is 5.71. The van der Waals surface area contributed by atoms with Gasteiger partial charge in [-0.15, -0.1) is 0 Å². The highest BCUT2D eigenvalue weighted by Crippen LogP contribution is 2.07. The Morgan fingerprint density at radius 1 is 1.63 bits per heavy atom. The van der Waals surface area contributed by atoms with E-state index in [1.807, 2.05) is 0 Å². The fourth-order valence-corrected chi connectivity index (χ4v) is 2.23. The van der Waals surface area contributed by atoms with Crippen molar-refractivity contribution in [2.24, 2.45) is 0 Å². The molecule has 0 aliphatic carbocycles. The second-order valence-corrected chi connectivity index (χ2v) is 5.57. The minimum Gasteiger partial charge on any atom is -0.388 e. The maximum Gasteiger partial charge on any atom is 0.307 e. The highest BCUT2D eigenvalue weighted by Gasteiger charge is 2.21. The number of rotatable bonds is 7. The number of carbonyl (C=O) groups excluding carboxylic acids is 1. The number of hydrogen-bond acceptors (Lipinski definition) is 5. The summed E-state index contributed by atoms with van der Waals surface area (Å²) in [7, 11) is 1.56. The lowest BCUT2D eigenvalue weighted by Gasteiger charge is -2.23. The van der Waals surface area contributed by atoms with Gasteiger partial charge in [-0.05, 0) is 13.8 Å². The minimum absolute atomic E-state index is 0.0193. The van der Waals surface area contributed by atoms with Crippen LogP contribution in [0.4, 0.5) is 0 Å². The number of methoxy groups -OCH3 is 1. The summed E-state index contributed by atoms with van der Waals surface area (Å²) >= 11 is 1.07. The van der Waals surface area contributed by atoms with Gasteiger partial charge in [0.05, 0.1) is 5.60 Å². The lowest BCUT2D eigenvalue weighted by molar-refractivity contribution is -0.123. The maximum atomic E-state index is 11.7. The van der Waals surface area contributed by atoms with E-state index < -0.39 is 5.60 Å². The molecule has 19 heavy (non-hydrogen) atoms. The van der Waals surface area contributed by atoms with Gasteiger partial charge in [0.2, 0.25) is 5.91 Å². The highest BCUT2D eigenvalue weighted by atomic mass is 32.1. The molecule has 0 saturated heterocycles. The molecule has 1 rings (SSSR count). The van der Waals surface area contributed by atoms with Crippen molar-refractivity contribution in [3.05, 3.63) is 20.7 Å². The van der Waals surface area contributed by atoms with Crippen molar-refractivity contribution in [3.63, 3.8) is 0 Å². The number of aryl methyl sites for hydroxylation is 1. The zero-order valence-corrected chi connectivity index (χ0v) is 12.2. The van der Waals surface area contributed by atoms with Crippen molar-refractivity contribution >= 4 is 17.2 Å². The molecule has 1 atom stereocenters. The zero-order chi connectivity index (χ0) is 14.5. The molecule has 0 spiro atoms. The van der Waals surface area contributed by atoms with E-state index in [1.54, 1.807) is 26.3 Å². The monoisotopic (exact) mass is 288 g/mol. The number of amides is 1. The van der Waals surface area contributed by atoms with E-state index in [-0.39, 0.29) is 23.9 Å². The summed E-state index contributed by atoms with van der Waals surface area (Å²) in [6.45, 7) is 3.95. The molecule has 0 aliphatic heterocycles. The molecule has 1 aromatic rings. The molecular formula is C12H20N2O4S. The molecule has 1 heterocycles. The predicted octanol–water partition coefficient (Wildman–Crippen LogP) is 0.122. The largest absolute Gasteiger partial charge is 0.388 e. The Bertz CT molecular complexity index is 478. The van der Waals surface area contributed by atoms with Gasteiger partial charge in [0.15, 0.2) is 0 Å². The molecule has 1 unspecified atom stereocenters. The van der Waals surface area contributed by atoms with Gasteiger partial charge in [-0.25, -0.2) is 0 Å². The van der Waals surface area contributed by atoms with Crippen LogP contribution >= 0.6 is 11.3 Å². The van der Waals surface area contributed by atoms with Crippen LogP contribution in [0.25, 0.3) is 0 Å². The Balaban J connectivity index is 2.46. The van der Waals surface area contributed by atoms with E-state index in [0.29, 0.717) is 13.0 Å². The lowest BCUT2D eigenvalue weighted by atomic mass is 10.0. The molecule has 108 valence electrons. The number of nitrogens with one attached hydrogen (secondary N) is 1. The Morgan fingerprint density at radius 3 is 2.84 bits per heavy atom. The van der Waals surface area contributed by atoms with Crippen LogP contribution in [-0.2, 0) is 16.1 Å². The van der Waals surface area contributed by atoms with Gasteiger partial charge in [0.1, 0.15) is 6.54 Å². The molecule has 1 amide bonds. The molecule has 0 saturated carbocycles. The second-order valence-electron chi connectivity index (χ2n) is 4.75. The molecular weight excluding hydrogens is 268 g/mol. The van der Waals surface area contributed by atoms with Crippen LogP contribution in [0.2, 0.25) is 0 Å². The molecule has 0 fully saturated rings. The Labute approximate surface area is 116 Å². The quantitative estimate of drug-likeness (QED) is 0.747. The summed E-state index contributed by atoms with van der Waals surface area (Å²) in [5.41, 5.74) is -0.253. The summed E-state index contributed by atoms with van der Waals surface area (Å²) in [6.07, 6.45) is 0.432. The van der Waals surface area contributed by atoms with E-state index in [0.717, 1.165) is 17.0 Å². The SMILES string of the molecule is COCCC(C)(O)CNC(=O)Cn1c(C)csc1=O. The first-order valence-corrected chi connectivity index (χ1v) is 6.86. The van der Waals surface area contributed by atoms with Crippen LogP contribution in [0, 0.1) is 6.92 Å². The number of hydrogen-bond donors (Lipinski definition) is 2. The van der Waals surface area contributed by atoms with E-state index in [1.165, 1.54) is 4.57 Å². The van der Waals surface area contributed by atoms with E-state index >= 15 is 0 Å². The predicted molar refractivity (Wildman–Crippen MR) is 73.4 cm³/mol. The number of nitrogens with zero attached hydrogens (tertiary/aromatic N) is 1. The van der Waals surface area contributed by atoms with Gasteiger partial charge in [0, 0.05) is 37.8 Å². The smallest absolute Gasteiger partial charge is 0.307 e. The lowest BCUT2D eigenvalue weighted by Crippen LogP contribution is -2.43. The van der Waals surface area contributed by atoms with Gasteiger partial charge >= 0.3 is 4.87 Å². The van der Waals surface area contributed by atoms with Crippen LogP contribution in [0.5, 0.6) is 0 Å². The first kappa shape index (κ1) is 15.9. The van der Waals surface area contributed by atoms with E-state index in [4.69, 9.17) is 4.74 Å². The fourth-order valence-electron chi connectivity index (χ4n) is 1.50. The van der Waals surface area contributed by atoms with Crippen molar-refractivity contribution in [1.82, 2.24) is 9.88 Å². The number of ether oxygens (including phenoxy) is 1. The van der Waals surface area contributed by atoms with Gasteiger partial charge in [-0.3, -0.25) is 14.2 Å². The minimum atomic E-state index is -1.01. The van der Waals surface area contributed by atoms with Crippen LogP contribution in [-0.4, -0.2) is 41.4 Å². The number of carbonyl (C=O) groups is 1. The van der Waals surface area contributed by atoms with E-state index in [2.05, 4.69) is 5.32 Å². The third-order valence-electron chi connectivity index (χ3n) is 2.79. The van der Waals surface area contributed by atoms with Crippen molar-refractivity contribution in [3.8, 4) is 0 Å². The van der Waals surface area contributed by atoms with Gasteiger partial charge in [-0.1, -0.05) is 11.3 Å². The normalized spacial score (nSPS) is 14.1. The average molecular weight is 288 g/mol. The first-order valence-electron chi connectivity index (χ1n) is 5.98. The van der Waals surface area contributed by atoms with Crippen LogP contribution in [0.1, 0.15) is 19.0 Å². The Morgan fingerprint density at radius 2 is 2.32 bits per heavy atom. The molecule has 0 radical (unpaired) electrons. The number of aromatic nitrogens is 1. The highest BCUT2D eigenvalue weighted by molar-refractivity contribution is 7.07. The van der Waals surface area contributed by atoms with Crippen molar-refractivity contribution in [2.45, 2.75) is 32.4 Å². The third-order valence-corrected chi connectivity index (χ3v) is 3.67. The molecule has 2 N–H and O–H groups in total. The third kappa shape index (κ3) is 5.14. The summed E-state index contributed by atoms with van der Waals surface area (Å²) in [4.78, 5) is 23.0. The first-order chi connectivity index (χ1) is 8.85. The second kappa shape index (κ2) is 6.83. The van der Waals surface area contributed by atoms with Crippen LogP contribution in [0.3, 0.4) is 0 Å². The van der Waals surface area contributed by atoms with Gasteiger partial charge in [0.25, 0.3) is 0 Å². The van der Waals surface area contributed by atoms with Gasteiger partial charge < -0.3 is 15.2 Å². The summed E-state index contributed by atoms with van der Waals surface area (Å²) in [6, 6.07) is 0. The molecule has 7 heteroatoms. The van der Waals surface area contributed by atoms with Crippen LogP contribution < -0.4 is 10.2 Å². The maximum absolute atomic E-state index is 11.7. The summed E-state index contributed by atoms with van der Waals surface area (Å²) in [5.74, 6) is -0.290. The van der Waals surface area contributed by atoms with Crippen LogP contribution in [0.15, 0.2) is 10.2 Å².